The normalized spacial score (nSPS) is 12.0. The number of rotatable bonds is 4. The number of thioether (sulfide) groups is 1. The first-order chi connectivity index (χ1) is 10.3. The second-order valence-corrected chi connectivity index (χ2v) is 6.02. The van der Waals surface area contributed by atoms with Crippen LogP contribution in [0.15, 0.2) is 29.4 Å². The van der Waals surface area contributed by atoms with Crippen LogP contribution in [0.4, 0.5) is 21.7 Å². The number of amides is 1. The Morgan fingerprint density at radius 2 is 1.91 bits per heavy atom. The van der Waals surface area contributed by atoms with Crippen LogP contribution in [-0.2, 0) is 4.79 Å². The summed E-state index contributed by atoms with van der Waals surface area (Å²) in [6, 6.07) is 5.96. The molecule has 1 aromatic heterocycles. The van der Waals surface area contributed by atoms with Crippen molar-refractivity contribution in [3.8, 4) is 0 Å². The SMILES string of the molecule is Cc1ccc(NC(=O)[C@@H](C)Sc2nc(N)cc(N)n2)cc1F. The molecular weight excluding hydrogens is 305 g/mol. The number of carbonyl (C=O) groups excluding carboxylic acids is 1. The maximum atomic E-state index is 13.5. The van der Waals surface area contributed by atoms with Crippen LogP contribution in [0.1, 0.15) is 12.5 Å². The zero-order valence-electron chi connectivity index (χ0n) is 12.1. The summed E-state index contributed by atoms with van der Waals surface area (Å²) in [5.41, 5.74) is 12.1. The van der Waals surface area contributed by atoms with E-state index < -0.39 is 5.25 Å². The van der Waals surface area contributed by atoms with Gasteiger partial charge < -0.3 is 16.8 Å². The number of halogens is 1. The van der Waals surface area contributed by atoms with Gasteiger partial charge in [-0.1, -0.05) is 17.8 Å². The average Bonchev–Trinajstić information content (AvgIpc) is 2.41. The first-order valence-corrected chi connectivity index (χ1v) is 7.37. The second kappa shape index (κ2) is 6.61. The van der Waals surface area contributed by atoms with Crippen molar-refractivity contribution in [3.63, 3.8) is 0 Å². The Kier molecular flexibility index (Phi) is 4.81. The summed E-state index contributed by atoms with van der Waals surface area (Å²) in [5, 5.41) is 2.46. The standard InChI is InChI=1S/C14H16FN5OS/c1-7-3-4-9(5-10(7)15)18-13(21)8(2)22-14-19-11(16)6-12(17)20-14/h3-6,8H,1-2H3,(H,18,21)(H4,16,17,19,20)/t8-/m1/s1. The van der Waals surface area contributed by atoms with Gasteiger partial charge in [0, 0.05) is 11.8 Å². The van der Waals surface area contributed by atoms with Gasteiger partial charge in [-0.3, -0.25) is 4.79 Å². The number of anilines is 3. The van der Waals surface area contributed by atoms with Crippen molar-refractivity contribution >= 4 is 35.0 Å². The van der Waals surface area contributed by atoms with Crippen LogP contribution in [0, 0.1) is 12.7 Å². The van der Waals surface area contributed by atoms with E-state index >= 15 is 0 Å². The number of nitrogens with two attached hydrogens (primary N) is 2. The quantitative estimate of drug-likeness (QED) is 0.589. The van der Waals surface area contributed by atoms with Gasteiger partial charge in [-0.25, -0.2) is 14.4 Å². The monoisotopic (exact) mass is 321 g/mol. The molecule has 0 aliphatic heterocycles. The number of nitrogens with one attached hydrogen (secondary N) is 1. The van der Waals surface area contributed by atoms with E-state index in [4.69, 9.17) is 11.5 Å². The molecule has 0 spiro atoms. The van der Waals surface area contributed by atoms with Crippen molar-refractivity contribution < 1.29 is 9.18 Å². The van der Waals surface area contributed by atoms with Gasteiger partial charge in [0.1, 0.15) is 17.5 Å². The molecule has 8 heteroatoms. The van der Waals surface area contributed by atoms with E-state index in [0.717, 1.165) is 11.8 Å². The maximum absolute atomic E-state index is 13.5. The summed E-state index contributed by atoms with van der Waals surface area (Å²) in [4.78, 5) is 20.1. The van der Waals surface area contributed by atoms with Crippen molar-refractivity contribution in [2.24, 2.45) is 0 Å². The smallest absolute Gasteiger partial charge is 0.237 e. The fourth-order valence-corrected chi connectivity index (χ4v) is 2.44. The Bertz CT molecular complexity index is 689. The number of carbonyl (C=O) groups is 1. The zero-order valence-corrected chi connectivity index (χ0v) is 12.9. The van der Waals surface area contributed by atoms with Gasteiger partial charge in [0.05, 0.1) is 5.25 Å². The van der Waals surface area contributed by atoms with Crippen molar-refractivity contribution in [1.29, 1.82) is 0 Å². The number of hydrogen-bond acceptors (Lipinski definition) is 6. The molecule has 2 aromatic rings. The van der Waals surface area contributed by atoms with Gasteiger partial charge in [0.2, 0.25) is 5.91 Å². The maximum Gasteiger partial charge on any atom is 0.237 e. The Labute approximate surface area is 131 Å². The molecule has 22 heavy (non-hydrogen) atoms. The molecular formula is C14H16FN5OS. The molecule has 1 atom stereocenters. The number of benzene rings is 1. The number of nitrogens with zero attached hydrogens (tertiary/aromatic N) is 2. The van der Waals surface area contributed by atoms with Gasteiger partial charge in [0.15, 0.2) is 5.16 Å². The topological polar surface area (TPSA) is 107 Å². The summed E-state index contributed by atoms with van der Waals surface area (Å²) >= 11 is 1.12. The number of nitrogen functional groups attached to an aromatic ring is 2. The molecule has 0 aliphatic rings. The van der Waals surface area contributed by atoms with Crippen molar-refractivity contribution in [1.82, 2.24) is 9.97 Å². The minimum absolute atomic E-state index is 0.239. The molecule has 5 N–H and O–H groups in total. The van der Waals surface area contributed by atoms with Gasteiger partial charge in [0.25, 0.3) is 0 Å². The highest BCUT2D eigenvalue weighted by atomic mass is 32.2. The predicted molar refractivity (Wildman–Crippen MR) is 85.9 cm³/mol. The van der Waals surface area contributed by atoms with Crippen LogP contribution < -0.4 is 16.8 Å². The van der Waals surface area contributed by atoms with E-state index in [9.17, 15) is 9.18 Å². The lowest BCUT2D eigenvalue weighted by atomic mass is 10.2. The van der Waals surface area contributed by atoms with Crippen molar-refractivity contribution in [3.05, 3.63) is 35.6 Å². The largest absolute Gasteiger partial charge is 0.383 e. The predicted octanol–water partition coefficient (Wildman–Crippen LogP) is 2.21. The highest BCUT2D eigenvalue weighted by molar-refractivity contribution is 8.00. The third kappa shape index (κ3) is 4.08. The van der Waals surface area contributed by atoms with E-state index in [-0.39, 0.29) is 23.4 Å². The number of aryl methyl sites for hydroxylation is 1. The van der Waals surface area contributed by atoms with Crippen LogP contribution in [0.25, 0.3) is 0 Å². The Hall–Kier alpha value is -2.35. The molecule has 0 aliphatic carbocycles. The Morgan fingerprint density at radius 1 is 1.27 bits per heavy atom. The van der Waals surface area contributed by atoms with Crippen LogP contribution in [0.3, 0.4) is 0 Å². The molecule has 0 fully saturated rings. The van der Waals surface area contributed by atoms with E-state index in [1.807, 2.05) is 0 Å². The third-order valence-electron chi connectivity index (χ3n) is 2.84. The van der Waals surface area contributed by atoms with E-state index in [0.29, 0.717) is 16.4 Å². The molecule has 1 amide bonds. The first kappa shape index (κ1) is 16.0. The highest BCUT2D eigenvalue weighted by Crippen LogP contribution is 2.23. The van der Waals surface area contributed by atoms with Crippen LogP contribution in [-0.4, -0.2) is 21.1 Å². The van der Waals surface area contributed by atoms with Gasteiger partial charge in [-0.05, 0) is 31.5 Å². The number of hydrogen-bond donors (Lipinski definition) is 3. The lowest BCUT2D eigenvalue weighted by Crippen LogP contribution is -2.22. The fourth-order valence-electron chi connectivity index (χ4n) is 1.64. The molecule has 0 saturated carbocycles. The van der Waals surface area contributed by atoms with Crippen molar-refractivity contribution in [2.45, 2.75) is 24.3 Å². The Morgan fingerprint density at radius 3 is 2.50 bits per heavy atom. The average molecular weight is 321 g/mol. The van der Waals surface area contributed by atoms with Crippen LogP contribution in [0.2, 0.25) is 0 Å². The molecule has 2 rings (SSSR count). The summed E-state index contributed by atoms with van der Waals surface area (Å²) in [7, 11) is 0. The molecule has 1 heterocycles. The van der Waals surface area contributed by atoms with Crippen LogP contribution in [0.5, 0.6) is 0 Å². The minimum atomic E-state index is -0.495. The Balaban J connectivity index is 2.04. The molecule has 6 nitrogen and oxygen atoms in total. The van der Waals surface area contributed by atoms with Gasteiger partial charge in [-0.15, -0.1) is 0 Å². The summed E-state index contributed by atoms with van der Waals surface area (Å²) in [6.45, 7) is 3.34. The molecule has 0 saturated heterocycles. The lowest BCUT2D eigenvalue weighted by Gasteiger charge is -2.12. The van der Waals surface area contributed by atoms with E-state index in [2.05, 4.69) is 15.3 Å². The summed E-state index contributed by atoms with van der Waals surface area (Å²) < 4.78 is 13.5. The minimum Gasteiger partial charge on any atom is -0.383 e. The summed E-state index contributed by atoms with van der Waals surface area (Å²) in [5.74, 6) is -0.186. The second-order valence-electron chi connectivity index (χ2n) is 4.71. The first-order valence-electron chi connectivity index (χ1n) is 6.49. The van der Waals surface area contributed by atoms with Gasteiger partial charge >= 0.3 is 0 Å². The van der Waals surface area contributed by atoms with Gasteiger partial charge in [-0.2, -0.15) is 0 Å². The zero-order chi connectivity index (χ0) is 16.3. The summed E-state index contributed by atoms with van der Waals surface area (Å²) in [6.07, 6.45) is 0. The fraction of sp³-hybridized carbons (Fsp3) is 0.214. The molecule has 0 unspecified atom stereocenters. The van der Waals surface area contributed by atoms with E-state index in [1.54, 1.807) is 26.0 Å². The molecule has 116 valence electrons. The van der Waals surface area contributed by atoms with Crippen LogP contribution >= 0.6 is 11.8 Å². The lowest BCUT2D eigenvalue weighted by molar-refractivity contribution is -0.115. The number of aromatic nitrogens is 2. The molecule has 0 bridgehead atoms. The van der Waals surface area contributed by atoms with Crippen molar-refractivity contribution in [2.75, 3.05) is 16.8 Å². The third-order valence-corrected chi connectivity index (χ3v) is 3.80. The van der Waals surface area contributed by atoms with E-state index in [1.165, 1.54) is 12.1 Å². The molecule has 1 aromatic carbocycles. The highest BCUT2D eigenvalue weighted by Gasteiger charge is 2.17. The molecule has 0 radical (unpaired) electrons.